The van der Waals surface area contributed by atoms with Gasteiger partial charge < -0.3 is 19.9 Å². The fourth-order valence-electron chi connectivity index (χ4n) is 2.69. The summed E-state index contributed by atoms with van der Waals surface area (Å²) in [5.74, 6) is -1.34. The number of nitrogens with one attached hydrogen (secondary N) is 1. The maximum absolute atomic E-state index is 12.2. The van der Waals surface area contributed by atoms with E-state index in [2.05, 4.69) is 9.71 Å². The van der Waals surface area contributed by atoms with Crippen LogP contribution in [0.5, 0.6) is 0 Å². The van der Waals surface area contributed by atoms with Gasteiger partial charge in [0.2, 0.25) is 0 Å². The highest BCUT2D eigenvalue weighted by Crippen LogP contribution is 2.17. The number of benzene rings is 1. The molecular formula is C19H20N4O6S. The van der Waals surface area contributed by atoms with Gasteiger partial charge in [-0.05, 0) is 36.4 Å². The van der Waals surface area contributed by atoms with Gasteiger partial charge in [-0.15, -0.1) is 4.40 Å². The minimum absolute atomic E-state index is 0.148. The van der Waals surface area contributed by atoms with Crippen LogP contribution in [0.2, 0.25) is 0 Å². The first-order valence-electron chi connectivity index (χ1n) is 8.92. The lowest BCUT2D eigenvalue weighted by atomic mass is 10.2. The van der Waals surface area contributed by atoms with Gasteiger partial charge in [0.25, 0.3) is 21.8 Å². The molecule has 0 atom stereocenters. The predicted molar refractivity (Wildman–Crippen MR) is 109 cm³/mol. The molecule has 0 aliphatic carbocycles. The number of amides is 2. The van der Waals surface area contributed by atoms with Crippen LogP contribution in [-0.2, 0) is 24.3 Å². The standard InChI is InChI=1S/C19H20N4O6S/c1-22(2)18(25)13-3-6-15(7-4-13)20-17(24)12-29-19(26)14-5-8-16-21-30(27,28)10-9-23(16)11-14/h3-8,11H,9-10,12H2,1-2H3,(H,20,24). The third kappa shape index (κ3) is 5.11. The van der Waals surface area contributed by atoms with Crippen molar-refractivity contribution < 1.29 is 27.5 Å². The minimum atomic E-state index is -3.48. The fraction of sp³-hybridized carbons (Fsp3) is 0.263. The van der Waals surface area contributed by atoms with Gasteiger partial charge in [-0.3, -0.25) is 9.59 Å². The van der Waals surface area contributed by atoms with E-state index in [0.717, 1.165) is 0 Å². The van der Waals surface area contributed by atoms with Crippen molar-refractivity contribution in [2.24, 2.45) is 4.40 Å². The Bertz CT molecular complexity index is 1070. The normalized spacial score (nSPS) is 16.7. The van der Waals surface area contributed by atoms with Crippen molar-refractivity contribution in [1.82, 2.24) is 9.80 Å². The maximum atomic E-state index is 12.2. The first-order valence-corrected chi connectivity index (χ1v) is 10.5. The van der Waals surface area contributed by atoms with Gasteiger partial charge in [-0.1, -0.05) is 0 Å². The van der Waals surface area contributed by atoms with E-state index in [1.54, 1.807) is 38.4 Å². The lowest BCUT2D eigenvalue weighted by Crippen LogP contribution is -2.37. The highest BCUT2D eigenvalue weighted by molar-refractivity contribution is 7.90. The highest BCUT2D eigenvalue weighted by atomic mass is 32.2. The molecular weight excluding hydrogens is 412 g/mol. The van der Waals surface area contributed by atoms with E-state index >= 15 is 0 Å². The Kier molecular flexibility index (Phi) is 6.01. The van der Waals surface area contributed by atoms with Gasteiger partial charge in [-0.25, -0.2) is 13.2 Å². The number of carbonyl (C=O) groups is 3. The SMILES string of the molecule is CN(C)C(=O)c1ccc(NC(=O)COC(=O)C2=CN3CCS(=O)(=O)N=C3C=C2)cc1. The van der Waals surface area contributed by atoms with Crippen LogP contribution in [0.1, 0.15) is 10.4 Å². The number of anilines is 1. The largest absolute Gasteiger partial charge is 0.452 e. The monoisotopic (exact) mass is 432 g/mol. The zero-order chi connectivity index (χ0) is 21.9. The molecule has 1 aromatic rings. The highest BCUT2D eigenvalue weighted by Gasteiger charge is 2.25. The summed E-state index contributed by atoms with van der Waals surface area (Å²) in [5.41, 5.74) is 1.11. The molecule has 0 saturated heterocycles. The maximum Gasteiger partial charge on any atom is 0.340 e. The van der Waals surface area contributed by atoms with Crippen LogP contribution < -0.4 is 5.32 Å². The second-order valence-corrected chi connectivity index (χ2v) is 8.50. The second-order valence-electron chi connectivity index (χ2n) is 6.75. The zero-order valence-electron chi connectivity index (χ0n) is 16.4. The van der Waals surface area contributed by atoms with Crippen LogP contribution in [0.3, 0.4) is 0 Å². The first kappa shape index (κ1) is 21.2. The number of ether oxygens (including phenoxy) is 1. The van der Waals surface area contributed by atoms with Gasteiger partial charge in [0.1, 0.15) is 5.84 Å². The van der Waals surface area contributed by atoms with Crippen molar-refractivity contribution in [3.05, 3.63) is 53.8 Å². The number of fused-ring (bicyclic) bond motifs is 1. The molecule has 2 heterocycles. The molecule has 158 valence electrons. The summed E-state index contributed by atoms with van der Waals surface area (Å²) in [6, 6.07) is 6.32. The Hall–Kier alpha value is -3.47. The molecule has 0 saturated carbocycles. The molecule has 0 radical (unpaired) electrons. The summed E-state index contributed by atoms with van der Waals surface area (Å²) in [7, 11) is -0.192. The van der Waals surface area contributed by atoms with E-state index in [1.165, 1.54) is 28.2 Å². The molecule has 1 aromatic carbocycles. The van der Waals surface area contributed by atoms with Crippen LogP contribution in [-0.4, -0.2) is 74.8 Å². The summed E-state index contributed by atoms with van der Waals surface area (Å²) in [4.78, 5) is 39.1. The molecule has 3 rings (SSSR count). The molecule has 0 unspecified atom stereocenters. The average molecular weight is 432 g/mol. The minimum Gasteiger partial charge on any atom is -0.452 e. The second kappa shape index (κ2) is 8.49. The Labute approximate surface area is 173 Å². The summed E-state index contributed by atoms with van der Waals surface area (Å²) in [6.45, 7) is -0.327. The third-order valence-electron chi connectivity index (χ3n) is 4.22. The third-order valence-corrected chi connectivity index (χ3v) is 5.38. The summed E-state index contributed by atoms with van der Waals surface area (Å²) in [6.07, 6.45) is 4.23. The first-order chi connectivity index (χ1) is 14.1. The lowest BCUT2D eigenvalue weighted by molar-refractivity contribution is -0.143. The van der Waals surface area contributed by atoms with Crippen molar-refractivity contribution in [2.75, 3.05) is 38.3 Å². The van der Waals surface area contributed by atoms with Crippen molar-refractivity contribution in [1.29, 1.82) is 0 Å². The Balaban J connectivity index is 1.53. The van der Waals surface area contributed by atoms with E-state index < -0.39 is 28.5 Å². The Morgan fingerprint density at radius 3 is 2.53 bits per heavy atom. The Morgan fingerprint density at radius 1 is 1.17 bits per heavy atom. The smallest absolute Gasteiger partial charge is 0.340 e. The number of amidine groups is 1. The van der Waals surface area contributed by atoms with E-state index in [-0.39, 0.29) is 29.6 Å². The van der Waals surface area contributed by atoms with Gasteiger partial charge in [0.05, 0.1) is 11.3 Å². The molecule has 0 aromatic heterocycles. The molecule has 2 aliphatic heterocycles. The molecule has 0 spiro atoms. The van der Waals surface area contributed by atoms with Crippen molar-refractivity contribution in [2.45, 2.75) is 0 Å². The van der Waals surface area contributed by atoms with Crippen LogP contribution >= 0.6 is 0 Å². The number of sulfonamides is 1. The van der Waals surface area contributed by atoms with Gasteiger partial charge in [0, 0.05) is 38.1 Å². The van der Waals surface area contributed by atoms with E-state index in [9.17, 15) is 22.8 Å². The summed E-state index contributed by atoms with van der Waals surface area (Å²) < 4.78 is 31.6. The molecule has 2 aliphatic rings. The lowest BCUT2D eigenvalue weighted by Gasteiger charge is -2.26. The van der Waals surface area contributed by atoms with Gasteiger partial charge >= 0.3 is 5.97 Å². The molecule has 2 amide bonds. The molecule has 30 heavy (non-hydrogen) atoms. The number of hydrogen-bond donors (Lipinski definition) is 1. The van der Waals surface area contributed by atoms with Crippen molar-refractivity contribution in [3.63, 3.8) is 0 Å². The van der Waals surface area contributed by atoms with Gasteiger partial charge in [0.15, 0.2) is 6.61 Å². The van der Waals surface area contributed by atoms with Crippen molar-refractivity contribution >= 4 is 39.3 Å². The summed E-state index contributed by atoms with van der Waals surface area (Å²) in [5, 5.41) is 2.58. The van der Waals surface area contributed by atoms with Gasteiger partial charge in [-0.2, -0.15) is 0 Å². The van der Waals surface area contributed by atoms with E-state index in [0.29, 0.717) is 11.3 Å². The zero-order valence-corrected chi connectivity index (χ0v) is 17.2. The molecule has 11 heteroatoms. The van der Waals surface area contributed by atoms with E-state index in [1.807, 2.05) is 0 Å². The fourth-order valence-corrected chi connectivity index (χ4v) is 3.66. The van der Waals surface area contributed by atoms with Crippen LogP contribution in [0.15, 0.2) is 52.6 Å². The quantitative estimate of drug-likeness (QED) is 0.666. The average Bonchev–Trinajstić information content (AvgIpc) is 2.71. The predicted octanol–water partition coefficient (Wildman–Crippen LogP) is 0.368. The molecule has 1 N–H and O–H groups in total. The number of esters is 1. The van der Waals surface area contributed by atoms with Crippen LogP contribution in [0.4, 0.5) is 5.69 Å². The van der Waals surface area contributed by atoms with Crippen LogP contribution in [0, 0.1) is 0 Å². The molecule has 0 bridgehead atoms. The van der Waals surface area contributed by atoms with E-state index in [4.69, 9.17) is 4.74 Å². The van der Waals surface area contributed by atoms with Crippen LogP contribution in [0.25, 0.3) is 0 Å². The van der Waals surface area contributed by atoms with Crippen molar-refractivity contribution in [3.8, 4) is 0 Å². The number of rotatable bonds is 5. The summed E-state index contributed by atoms with van der Waals surface area (Å²) >= 11 is 0. The number of carbonyl (C=O) groups excluding carboxylic acids is 3. The number of nitrogens with zero attached hydrogens (tertiary/aromatic N) is 3. The topological polar surface area (TPSA) is 125 Å². The molecule has 0 fully saturated rings. The Morgan fingerprint density at radius 2 is 1.87 bits per heavy atom. The molecule has 10 nitrogen and oxygen atoms in total. The number of hydrogen-bond acceptors (Lipinski definition) is 7.